The highest BCUT2D eigenvalue weighted by molar-refractivity contribution is 14.1. The normalized spacial score (nSPS) is 36.8. The monoisotopic (exact) mass is 404 g/mol. The maximum atomic E-state index is 13.2. The molecule has 0 N–H and O–H groups in total. The lowest BCUT2D eigenvalue weighted by molar-refractivity contribution is 0.305. The average Bonchev–Trinajstić information content (AvgIpc) is 1.99. The molecule has 2 unspecified atom stereocenters. The third-order valence-electron chi connectivity index (χ3n) is 1.32. The number of allylic oxidation sites excluding steroid dienone is 4. The van der Waals surface area contributed by atoms with Crippen molar-refractivity contribution in [2.75, 3.05) is 0 Å². The van der Waals surface area contributed by atoms with Crippen LogP contribution in [0.2, 0.25) is 0 Å². The summed E-state index contributed by atoms with van der Waals surface area (Å²) in [6.07, 6.45) is -1.86. The van der Waals surface area contributed by atoms with Gasteiger partial charge in [-0.25, -0.2) is 17.6 Å². The van der Waals surface area contributed by atoms with Crippen molar-refractivity contribution in [3.8, 4) is 0 Å². The topological polar surface area (TPSA) is 0 Å². The fourth-order valence-corrected chi connectivity index (χ4v) is 1.67. The molecule has 0 amide bonds. The lowest BCUT2D eigenvalue weighted by atomic mass is 10.1. The van der Waals surface area contributed by atoms with Crippen molar-refractivity contribution in [3.05, 3.63) is 21.3 Å². The Bertz CT molecular complexity index is 269. The number of alkyl halides is 3. The zero-order valence-corrected chi connectivity index (χ0v) is 9.74. The van der Waals surface area contributed by atoms with Crippen LogP contribution in [0.1, 0.15) is 0 Å². The Balaban J connectivity index is 3.16. The predicted molar refractivity (Wildman–Crippen MR) is 54.1 cm³/mol. The van der Waals surface area contributed by atoms with Gasteiger partial charge in [-0.1, -0.05) is 0 Å². The largest absolute Gasteiger partial charge is 0.244 e. The van der Waals surface area contributed by atoms with E-state index in [9.17, 15) is 17.6 Å². The molecular weight excluding hydrogens is 402 g/mol. The molecule has 12 heavy (non-hydrogen) atoms. The quantitative estimate of drug-likeness (QED) is 0.327. The highest BCUT2D eigenvalue weighted by Crippen LogP contribution is 2.47. The van der Waals surface area contributed by atoms with Crippen molar-refractivity contribution in [1.82, 2.24) is 0 Å². The zero-order chi connectivity index (χ0) is 9.52. The highest BCUT2D eigenvalue weighted by Gasteiger charge is 2.43. The Hall–Kier alpha value is 0.660. The summed E-state index contributed by atoms with van der Waals surface area (Å²) in [5.74, 6) is -2.55. The van der Waals surface area contributed by atoms with Crippen molar-refractivity contribution in [3.63, 3.8) is 0 Å². The molecule has 0 aliphatic heterocycles. The molecule has 0 saturated carbocycles. The summed E-state index contributed by atoms with van der Waals surface area (Å²) >= 11 is 2.34. The molecule has 1 aliphatic carbocycles. The Morgan fingerprint density at radius 1 is 1.42 bits per heavy atom. The summed E-state index contributed by atoms with van der Waals surface area (Å²) in [7, 11) is 0. The first-order valence-corrected chi connectivity index (χ1v) is 4.98. The smallest absolute Gasteiger partial charge is 0.235 e. The van der Waals surface area contributed by atoms with E-state index in [2.05, 4.69) is 0 Å². The second kappa shape index (κ2) is 3.43. The van der Waals surface area contributed by atoms with E-state index in [1.165, 1.54) is 22.6 Å². The summed E-state index contributed by atoms with van der Waals surface area (Å²) in [5.41, 5.74) is 0. The van der Waals surface area contributed by atoms with E-state index < -0.39 is 25.1 Å². The van der Waals surface area contributed by atoms with Gasteiger partial charge < -0.3 is 0 Å². The molecule has 0 aromatic heterocycles. The van der Waals surface area contributed by atoms with Gasteiger partial charge in [-0.15, -0.1) is 0 Å². The van der Waals surface area contributed by atoms with Gasteiger partial charge in [0.15, 0.2) is 17.8 Å². The van der Waals surface area contributed by atoms with Crippen molar-refractivity contribution in [1.29, 1.82) is 0 Å². The fraction of sp³-hybridized carbons (Fsp3) is 0.333. The second-order valence-corrected chi connectivity index (χ2v) is 4.72. The van der Waals surface area contributed by atoms with E-state index >= 15 is 0 Å². The maximum Gasteiger partial charge on any atom is 0.244 e. The van der Waals surface area contributed by atoms with E-state index in [1.807, 2.05) is 0 Å². The molecule has 68 valence electrons. The number of hydrogen-bond acceptors (Lipinski definition) is 0. The van der Waals surface area contributed by atoms with E-state index in [0.29, 0.717) is 6.08 Å². The number of rotatable bonds is 0. The fourth-order valence-electron chi connectivity index (χ4n) is 0.682. The summed E-state index contributed by atoms with van der Waals surface area (Å²) in [4.78, 5) is 0. The van der Waals surface area contributed by atoms with Crippen molar-refractivity contribution >= 4 is 45.2 Å². The van der Waals surface area contributed by atoms with Gasteiger partial charge in [-0.05, 0) is 51.3 Å². The van der Waals surface area contributed by atoms with E-state index in [-0.39, 0.29) is 0 Å². The predicted octanol–water partition coefficient (Wildman–Crippen LogP) is 3.91. The van der Waals surface area contributed by atoms with E-state index in [1.54, 1.807) is 0 Å². The molecule has 0 spiro atoms. The van der Waals surface area contributed by atoms with Crippen LogP contribution < -0.4 is 0 Å². The Kier molecular flexibility index (Phi) is 3.07. The lowest BCUT2D eigenvalue weighted by Crippen LogP contribution is -2.23. The molecule has 0 radical (unpaired) electrons. The van der Waals surface area contributed by atoms with Crippen LogP contribution in [0.3, 0.4) is 0 Å². The van der Waals surface area contributed by atoms with Gasteiger partial charge in [0, 0.05) is 0 Å². The van der Waals surface area contributed by atoms with Crippen LogP contribution in [-0.4, -0.2) is 9.85 Å². The minimum absolute atomic E-state index is 0.296. The Morgan fingerprint density at radius 2 is 1.92 bits per heavy atom. The molecular formula is C6H2F4I2. The van der Waals surface area contributed by atoms with Crippen molar-refractivity contribution in [2.24, 2.45) is 0 Å². The second-order valence-electron chi connectivity index (χ2n) is 2.15. The Morgan fingerprint density at radius 3 is 2.42 bits per heavy atom. The highest BCUT2D eigenvalue weighted by atomic mass is 127. The van der Waals surface area contributed by atoms with E-state index in [4.69, 9.17) is 0 Å². The van der Waals surface area contributed by atoms with Crippen molar-refractivity contribution < 1.29 is 17.6 Å². The molecule has 2 atom stereocenters. The summed E-state index contributed by atoms with van der Waals surface area (Å²) < 4.78 is 47.9. The molecule has 0 aromatic rings. The van der Waals surface area contributed by atoms with Gasteiger partial charge in [0.2, 0.25) is 3.68 Å². The minimum Gasteiger partial charge on any atom is -0.235 e. The first-order valence-electron chi connectivity index (χ1n) is 2.82. The molecule has 6 heteroatoms. The molecule has 0 nitrogen and oxygen atoms in total. The first-order chi connectivity index (χ1) is 5.37. The zero-order valence-electron chi connectivity index (χ0n) is 5.42. The van der Waals surface area contributed by atoms with Crippen LogP contribution in [0.4, 0.5) is 17.6 Å². The molecule has 1 rings (SSSR count). The molecule has 1 aliphatic rings. The number of hydrogen-bond donors (Lipinski definition) is 0. The van der Waals surface area contributed by atoms with Gasteiger partial charge in [0.25, 0.3) is 0 Å². The van der Waals surface area contributed by atoms with Crippen LogP contribution in [0.15, 0.2) is 21.3 Å². The average molecular weight is 404 g/mol. The maximum absolute atomic E-state index is 13.2. The lowest BCUT2D eigenvalue weighted by Gasteiger charge is -2.21. The molecule has 0 heterocycles. The van der Waals surface area contributed by atoms with Gasteiger partial charge in [0.05, 0.1) is 3.58 Å². The summed E-state index contributed by atoms with van der Waals surface area (Å²) in [6, 6.07) is 0. The van der Waals surface area contributed by atoms with E-state index in [0.717, 1.165) is 22.6 Å². The van der Waals surface area contributed by atoms with Crippen LogP contribution >= 0.6 is 45.2 Å². The van der Waals surface area contributed by atoms with Gasteiger partial charge >= 0.3 is 0 Å². The summed E-state index contributed by atoms with van der Waals surface area (Å²) in [6.45, 7) is 0. The standard InChI is InChI=1S/C6H2F4I2/c7-2-1-3(8)6(10,12)5(11)4(2)9/h1-2H. The third-order valence-corrected chi connectivity index (χ3v) is 4.67. The van der Waals surface area contributed by atoms with Gasteiger partial charge in [-0.2, -0.15) is 0 Å². The summed E-state index contributed by atoms with van der Waals surface area (Å²) in [5, 5.41) is 0. The van der Waals surface area contributed by atoms with Gasteiger partial charge in [0.1, 0.15) is 0 Å². The van der Waals surface area contributed by atoms with Gasteiger partial charge in [-0.3, -0.25) is 0 Å². The number of halogens is 6. The molecule has 0 bridgehead atoms. The van der Waals surface area contributed by atoms with Crippen LogP contribution in [0.25, 0.3) is 0 Å². The SMILES string of the molecule is FC1=CC(F)C(F)=C(I)C1(F)I. The van der Waals surface area contributed by atoms with Crippen LogP contribution in [0.5, 0.6) is 0 Å². The van der Waals surface area contributed by atoms with Crippen LogP contribution in [0, 0.1) is 0 Å². The first kappa shape index (κ1) is 10.7. The van der Waals surface area contributed by atoms with Crippen LogP contribution in [-0.2, 0) is 0 Å². The third kappa shape index (κ3) is 1.64. The van der Waals surface area contributed by atoms with Crippen molar-refractivity contribution in [2.45, 2.75) is 9.85 Å². The molecule has 0 aromatic carbocycles. The molecule has 0 saturated heterocycles. The Labute approximate surface area is 93.4 Å². The molecule has 0 fully saturated rings. The minimum atomic E-state index is -2.54.